The first-order valence-corrected chi connectivity index (χ1v) is 42.5. The van der Waals surface area contributed by atoms with Crippen LogP contribution in [0.4, 0.5) is 13.2 Å². The molecule has 5 atom stereocenters. The number of nitrogens with zero attached hydrogens (tertiary/aromatic N) is 1. The van der Waals surface area contributed by atoms with Crippen LogP contribution in [0.25, 0.3) is 70.2 Å². The molecule has 12 aromatic rings. The van der Waals surface area contributed by atoms with Gasteiger partial charge in [-0.2, -0.15) is 0 Å². The minimum absolute atomic E-state index is 0.128. The molecule has 24 heteroatoms. The van der Waals surface area contributed by atoms with Crippen LogP contribution in [0.15, 0.2) is 310 Å². The van der Waals surface area contributed by atoms with Crippen molar-refractivity contribution in [3.05, 3.63) is 326 Å². The number of carboxylic acid groups (broad SMARTS) is 5. The number of allylic oxidation sites excluding steroid dienone is 7. The minimum atomic E-state index is -4.73. The molecule has 0 spiro atoms. The smallest absolute Gasteiger partial charge is 0.479 e. The fourth-order valence-electron chi connectivity index (χ4n) is 12.6. The average molecular weight is 1740 g/mol. The zero-order valence-electron chi connectivity index (χ0n) is 68.2. The highest BCUT2D eigenvalue weighted by Gasteiger charge is 2.31. The molecule has 5 unspecified atom stereocenters. The minimum Gasteiger partial charge on any atom is -0.479 e. The molecular formula is C100H96F3NO17S3. The number of hydrogen-bond donors (Lipinski definition) is 5. The Morgan fingerprint density at radius 3 is 1.29 bits per heavy atom. The summed E-state index contributed by atoms with van der Waals surface area (Å²) in [5.41, 5.74) is 9.59. The highest BCUT2D eigenvalue weighted by atomic mass is 32.1. The molecule has 1 aliphatic rings. The van der Waals surface area contributed by atoms with Crippen LogP contribution in [0.1, 0.15) is 111 Å². The lowest BCUT2D eigenvalue weighted by Crippen LogP contribution is -2.27. The van der Waals surface area contributed by atoms with E-state index in [9.17, 15) is 57.3 Å². The number of ketones is 1. The lowest BCUT2D eigenvalue weighted by Gasteiger charge is -2.18. The molecule has 0 fully saturated rings. The van der Waals surface area contributed by atoms with Crippen LogP contribution in [0.2, 0.25) is 0 Å². The van der Waals surface area contributed by atoms with Crippen LogP contribution in [-0.2, 0) is 24.0 Å². The number of fused-ring (bicyclic) bond motifs is 2. The van der Waals surface area contributed by atoms with Crippen LogP contribution in [-0.4, -0.2) is 103 Å². The van der Waals surface area contributed by atoms with Crippen molar-refractivity contribution >= 4 is 95.9 Å². The van der Waals surface area contributed by atoms with Gasteiger partial charge in [0.25, 0.3) is 0 Å². The average Bonchev–Trinajstić information content (AvgIpc) is 1.67. The summed E-state index contributed by atoms with van der Waals surface area (Å²) in [6.45, 7) is 16.3. The Balaban J connectivity index is 0.000000176. The second kappa shape index (κ2) is 48.9. The lowest BCUT2D eigenvalue weighted by molar-refractivity contribution is -0.274. The fourth-order valence-corrected chi connectivity index (χ4v) is 15.2. The van der Waals surface area contributed by atoms with Crippen molar-refractivity contribution < 1.29 is 95.9 Å². The monoisotopic (exact) mass is 1740 g/mol. The number of thiophene rings is 2. The molecule has 0 amide bonds. The van der Waals surface area contributed by atoms with Gasteiger partial charge >= 0.3 is 36.2 Å². The van der Waals surface area contributed by atoms with Crippen LogP contribution in [0, 0.1) is 6.92 Å². The molecule has 0 saturated carbocycles. The number of hydrogen-bond acceptors (Lipinski definition) is 16. The summed E-state index contributed by atoms with van der Waals surface area (Å²) in [6, 6.07) is 69.5. The van der Waals surface area contributed by atoms with Crippen molar-refractivity contribution in [2.45, 2.75) is 134 Å². The van der Waals surface area contributed by atoms with Crippen molar-refractivity contribution in [3.8, 4) is 78.4 Å². The SMILES string of the molecule is C=CCCC(Oc1ccc(-c2cc3ccccc3s2)cc1)C(=O)O.C=CCCC(Oc1ccc(-c2ccc(OC(F)(F)F)cc2)cc1)C(=O)O.C=CCCC(Oc1ccc(-c2csc3ccccc23)cc1)C(=O)O.C=CCCC(Oc1ccc(C(=O)/C=C/c2ccccc2)cc1)C(=O)O.Cc1nc(-c2ccc(OC(CCC3=CCCCC3)C(=O)O)cc2)cs1. The normalized spacial score (nSPS) is 12.7. The van der Waals surface area contributed by atoms with E-state index in [1.807, 2.05) is 140 Å². The van der Waals surface area contributed by atoms with Crippen molar-refractivity contribution in [2.75, 3.05) is 0 Å². The summed E-state index contributed by atoms with van der Waals surface area (Å²) in [4.78, 5) is 74.2. The van der Waals surface area contributed by atoms with Crippen LogP contribution < -0.4 is 28.4 Å². The van der Waals surface area contributed by atoms with Gasteiger partial charge in [-0.15, -0.1) is 73.5 Å². The number of rotatable bonds is 38. The zero-order chi connectivity index (χ0) is 88.8. The van der Waals surface area contributed by atoms with Crippen LogP contribution in [0.3, 0.4) is 0 Å². The van der Waals surface area contributed by atoms with E-state index in [0.29, 0.717) is 97.7 Å². The summed E-state index contributed by atoms with van der Waals surface area (Å²) < 4.78 is 70.6. The Morgan fingerprint density at radius 1 is 0.452 bits per heavy atom. The second-order valence-electron chi connectivity index (χ2n) is 28.2. The number of aryl methyl sites for hydroxylation is 1. The molecule has 3 heterocycles. The quantitative estimate of drug-likeness (QED) is 0.0137. The van der Waals surface area contributed by atoms with Gasteiger partial charge in [-0.25, -0.2) is 29.0 Å². The van der Waals surface area contributed by atoms with Gasteiger partial charge in [0.05, 0.1) is 10.7 Å². The number of aromatic nitrogens is 1. The molecule has 13 rings (SSSR count). The number of carbonyl (C=O) groups excluding carboxylic acids is 1. The maximum absolute atomic E-state index is 12.2. The van der Waals surface area contributed by atoms with E-state index in [1.165, 1.54) is 79.4 Å². The van der Waals surface area contributed by atoms with E-state index in [4.69, 9.17) is 33.9 Å². The topological polar surface area (TPSA) is 272 Å². The zero-order valence-corrected chi connectivity index (χ0v) is 70.6. The molecule has 124 heavy (non-hydrogen) atoms. The van der Waals surface area contributed by atoms with Gasteiger partial charge in [0, 0.05) is 41.7 Å². The van der Waals surface area contributed by atoms with Crippen molar-refractivity contribution in [3.63, 3.8) is 0 Å². The van der Waals surface area contributed by atoms with E-state index in [-0.39, 0.29) is 11.5 Å². The Bertz CT molecular complexity index is 5490. The highest BCUT2D eigenvalue weighted by molar-refractivity contribution is 7.22. The standard InChI is InChI=1S/C21H20O4.C20H23NO3S.2C20H18O3S.C19H17F3O4/c1-2-3-9-20(21(23)24)25-18-13-11-17(12-14-18)19(22)15-10-16-7-5-4-6-8-16;1-14-21-18(13-25-14)16-8-10-17(11-9-16)24-19(20(22)23)12-7-15-5-3-2-4-6-15;1-2-3-7-18(20(21)22)23-15-11-9-14(10-12-15)17-13-24-19-8-5-4-6-16(17)19;1-2-3-7-17(20(21)22)23-16-11-9-14(10-12-16)19-13-15-6-4-5-8-18(15)24-19;1-2-3-4-17(18(23)24)25-15-9-5-13(6-10-15)14-7-11-16(12-8-14)26-19(20,21)22/h2,4-8,10-15,20H,1,3,9H2,(H,23,24);5,8-11,13,19H,2-4,6-7,12H2,1H3,(H,22,23);2,4-6,8-13,18H,1,3,7H2,(H,21,22);2,4-6,8-13,17H,1,3,7H2,(H,21,22);2,5-12,17H,1,3-4H2,(H,23,24)/b15-10+;;;;. The predicted molar refractivity (Wildman–Crippen MR) is 485 cm³/mol. The fraction of sp³-hybridized carbons (Fsp3) is 0.210. The van der Waals surface area contributed by atoms with Crippen molar-refractivity contribution in [1.82, 2.24) is 4.98 Å². The molecule has 1 aliphatic carbocycles. The molecule has 0 radical (unpaired) electrons. The van der Waals surface area contributed by atoms with Gasteiger partial charge in [-0.1, -0.05) is 145 Å². The summed E-state index contributed by atoms with van der Waals surface area (Å²) in [5.74, 6) is -2.80. The summed E-state index contributed by atoms with van der Waals surface area (Å²) in [5, 5.41) is 53.8. The molecule has 5 N–H and O–H groups in total. The number of carbonyl (C=O) groups is 6. The van der Waals surface area contributed by atoms with Crippen LogP contribution >= 0.6 is 34.0 Å². The summed E-state index contributed by atoms with van der Waals surface area (Å²) in [6.07, 6.45) is 12.8. The molecule has 9 aromatic carbocycles. The maximum Gasteiger partial charge on any atom is 0.573 e. The van der Waals surface area contributed by atoms with Gasteiger partial charge in [-0.3, -0.25) is 4.79 Å². The summed E-state index contributed by atoms with van der Waals surface area (Å²) in [7, 11) is 0. The molecule has 3 aromatic heterocycles. The first-order chi connectivity index (χ1) is 59.8. The van der Waals surface area contributed by atoms with E-state index >= 15 is 0 Å². The lowest BCUT2D eigenvalue weighted by atomic mass is 9.95. The Labute approximate surface area is 730 Å². The second-order valence-corrected chi connectivity index (χ2v) is 31.2. The third-order valence-electron chi connectivity index (χ3n) is 19.0. The number of ether oxygens (including phenoxy) is 6. The van der Waals surface area contributed by atoms with Crippen molar-refractivity contribution in [2.24, 2.45) is 0 Å². The molecule has 642 valence electrons. The number of benzene rings is 9. The Hall–Kier alpha value is -13.4. The molecule has 18 nitrogen and oxygen atoms in total. The molecule has 0 aliphatic heterocycles. The van der Waals surface area contributed by atoms with Gasteiger partial charge in [0.15, 0.2) is 36.3 Å². The highest BCUT2D eigenvalue weighted by Crippen LogP contribution is 2.38. The first-order valence-electron chi connectivity index (χ1n) is 40.0. The largest absolute Gasteiger partial charge is 0.573 e. The number of alkyl halides is 3. The van der Waals surface area contributed by atoms with Gasteiger partial charge in [0.2, 0.25) is 0 Å². The molecule has 0 saturated heterocycles. The Morgan fingerprint density at radius 2 is 0.863 bits per heavy atom. The molecule has 0 bridgehead atoms. The van der Waals surface area contributed by atoms with E-state index in [2.05, 4.69) is 77.8 Å². The number of thiazole rings is 1. The van der Waals surface area contributed by atoms with Crippen LogP contribution in [0.5, 0.6) is 34.5 Å². The third kappa shape index (κ3) is 30.9. The number of carboxylic acids is 5. The van der Waals surface area contributed by atoms with E-state index < -0.39 is 66.7 Å². The first kappa shape index (κ1) is 94.4. The number of aliphatic carboxylic acids is 5. The van der Waals surface area contributed by atoms with E-state index in [1.54, 1.807) is 113 Å². The van der Waals surface area contributed by atoms with E-state index in [0.717, 1.165) is 57.8 Å². The molecular weight excluding hydrogens is 1640 g/mol. The van der Waals surface area contributed by atoms with Gasteiger partial charge in [-0.05, 0) is 269 Å². The Kier molecular flexibility index (Phi) is 37.2. The van der Waals surface area contributed by atoms with Gasteiger partial charge < -0.3 is 54.0 Å². The number of halogens is 3. The third-order valence-corrected chi connectivity index (χ3v) is 21.9. The van der Waals surface area contributed by atoms with Crippen molar-refractivity contribution in [1.29, 1.82) is 0 Å². The predicted octanol–water partition coefficient (Wildman–Crippen LogP) is 25.4. The maximum atomic E-state index is 12.2. The summed E-state index contributed by atoms with van der Waals surface area (Å²) >= 11 is 5.07. The van der Waals surface area contributed by atoms with Gasteiger partial charge in [0.1, 0.15) is 34.5 Å².